The van der Waals surface area contributed by atoms with Crippen LogP contribution < -0.4 is 16.4 Å². The Morgan fingerprint density at radius 1 is 1.06 bits per heavy atom. The van der Waals surface area contributed by atoms with Crippen molar-refractivity contribution < 1.29 is 4.79 Å². The summed E-state index contributed by atoms with van der Waals surface area (Å²) in [4.78, 5) is 13.0. The van der Waals surface area contributed by atoms with Gasteiger partial charge in [0.2, 0.25) is 5.91 Å². The number of rotatable bonds is 17. The number of thioether (sulfide) groups is 1. The number of carbonyl (C=O) groups excluding carboxylic acids is 1. The topological polar surface area (TPSA) is 92.9 Å². The lowest BCUT2D eigenvalue weighted by molar-refractivity contribution is -0.115. The molecule has 4 N–H and O–H groups in total. The van der Waals surface area contributed by atoms with Gasteiger partial charge in [-0.15, -0.1) is 5.10 Å². The van der Waals surface area contributed by atoms with E-state index in [2.05, 4.69) is 60.1 Å². The molecule has 0 atom stereocenters. The largest absolute Gasteiger partial charge is 0.354 e. The Balaban J connectivity index is 2.29. The van der Waals surface area contributed by atoms with Crippen molar-refractivity contribution in [3.63, 3.8) is 0 Å². The summed E-state index contributed by atoms with van der Waals surface area (Å²) in [7, 11) is 0. The molecule has 1 heterocycles. The zero-order valence-corrected chi connectivity index (χ0v) is 22.4. The summed E-state index contributed by atoms with van der Waals surface area (Å²) >= 11 is 1.54. The molecule has 0 bridgehead atoms. The maximum Gasteiger partial charge on any atom is 0.229 e. The fraction of sp³-hybridized carbons (Fsp3) is 0.393. The number of amides is 1. The van der Waals surface area contributed by atoms with Crippen LogP contribution in [0.1, 0.15) is 65.0 Å². The highest BCUT2D eigenvalue weighted by atomic mass is 32.2. The van der Waals surface area contributed by atoms with E-state index >= 15 is 0 Å². The number of unbranched alkanes of at least 4 members (excludes halogenated alkanes) is 1. The van der Waals surface area contributed by atoms with Crippen LogP contribution in [0.4, 0.5) is 5.82 Å². The molecule has 0 unspecified atom stereocenters. The number of hydrogen-bond donors (Lipinski definition) is 3. The lowest BCUT2D eigenvalue weighted by atomic mass is 10.1. The highest BCUT2D eigenvalue weighted by molar-refractivity contribution is 8.06. The molecule has 1 aromatic heterocycles. The summed E-state index contributed by atoms with van der Waals surface area (Å²) < 4.78 is 0. The number of nitrogens with two attached hydrogens (primary N) is 1. The summed E-state index contributed by atoms with van der Waals surface area (Å²) in [6.07, 6.45) is 9.55. The first-order valence-corrected chi connectivity index (χ1v) is 12.7. The van der Waals surface area contributed by atoms with Gasteiger partial charge in [0.25, 0.3) is 0 Å². The molecule has 0 aromatic carbocycles. The van der Waals surface area contributed by atoms with Gasteiger partial charge in [-0.2, -0.15) is 5.10 Å². The van der Waals surface area contributed by atoms with Gasteiger partial charge in [0.05, 0.1) is 10.7 Å². The second-order valence-corrected chi connectivity index (χ2v) is 9.91. The van der Waals surface area contributed by atoms with Gasteiger partial charge >= 0.3 is 0 Å². The molecule has 0 spiro atoms. The minimum atomic E-state index is -0.0855. The van der Waals surface area contributed by atoms with Crippen LogP contribution in [0, 0.1) is 0 Å². The highest BCUT2D eigenvalue weighted by Gasteiger charge is 2.06. The number of allylic oxidation sites excluding steroid dienone is 4. The van der Waals surface area contributed by atoms with Crippen molar-refractivity contribution >= 4 is 23.5 Å². The van der Waals surface area contributed by atoms with Crippen LogP contribution in [0.3, 0.4) is 0 Å². The summed E-state index contributed by atoms with van der Waals surface area (Å²) in [6.45, 7) is 22.9. The Morgan fingerprint density at radius 2 is 1.80 bits per heavy atom. The van der Waals surface area contributed by atoms with Gasteiger partial charge in [-0.1, -0.05) is 61.4 Å². The molecular weight excluding hydrogens is 454 g/mol. The molecule has 0 saturated heterocycles. The molecule has 1 aromatic rings. The van der Waals surface area contributed by atoms with E-state index in [1.54, 1.807) is 17.8 Å². The number of aromatic nitrogens is 2. The van der Waals surface area contributed by atoms with Crippen LogP contribution in [-0.2, 0) is 11.2 Å². The van der Waals surface area contributed by atoms with Crippen LogP contribution in [0.5, 0.6) is 0 Å². The number of hydrogen-bond acceptors (Lipinski definition) is 6. The molecular formula is C28H41N5OS. The molecule has 7 heteroatoms. The van der Waals surface area contributed by atoms with E-state index in [-0.39, 0.29) is 5.91 Å². The summed E-state index contributed by atoms with van der Waals surface area (Å²) in [5, 5.41) is 15.2. The molecule has 1 amide bonds. The average Bonchev–Trinajstić information content (AvgIpc) is 2.77. The number of nitrogens with one attached hydrogen (secondary N) is 2. The minimum Gasteiger partial charge on any atom is -0.354 e. The van der Waals surface area contributed by atoms with Gasteiger partial charge < -0.3 is 16.4 Å². The van der Waals surface area contributed by atoms with E-state index in [1.165, 1.54) is 5.57 Å². The molecule has 0 radical (unpaired) electrons. The molecule has 0 aliphatic rings. The molecule has 35 heavy (non-hydrogen) atoms. The first-order chi connectivity index (χ1) is 16.6. The third-order valence-electron chi connectivity index (χ3n) is 5.07. The predicted molar refractivity (Wildman–Crippen MR) is 152 cm³/mol. The second kappa shape index (κ2) is 16.7. The predicted octanol–water partition coefficient (Wildman–Crippen LogP) is 6.55. The third kappa shape index (κ3) is 14.2. The fourth-order valence-electron chi connectivity index (χ4n) is 3.20. The van der Waals surface area contributed by atoms with Crippen molar-refractivity contribution in [2.45, 2.75) is 65.7 Å². The SMILES string of the molecule is C=C(/C=C(\C)CCN)CC(=C)NC(=C)SC(=C)CCCCc1ccc(NC(=O)C/C(C)=C/C)nn1. The van der Waals surface area contributed by atoms with Crippen molar-refractivity contribution in [1.82, 2.24) is 15.5 Å². The summed E-state index contributed by atoms with van der Waals surface area (Å²) in [6, 6.07) is 3.71. The van der Waals surface area contributed by atoms with Gasteiger partial charge in [0, 0.05) is 18.5 Å². The normalized spacial score (nSPS) is 11.7. The van der Waals surface area contributed by atoms with E-state index < -0.39 is 0 Å². The molecule has 0 saturated carbocycles. The van der Waals surface area contributed by atoms with Gasteiger partial charge in [-0.05, 0) is 82.0 Å². The number of carbonyl (C=O) groups is 1. The number of nitrogens with zero attached hydrogens (tertiary/aromatic N) is 2. The minimum absolute atomic E-state index is 0.0855. The smallest absolute Gasteiger partial charge is 0.229 e. The molecule has 0 aliphatic carbocycles. The fourth-order valence-corrected chi connectivity index (χ4v) is 3.99. The second-order valence-electron chi connectivity index (χ2n) is 8.63. The molecule has 0 aliphatic heterocycles. The van der Waals surface area contributed by atoms with E-state index in [4.69, 9.17) is 5.73 Å². The number of aryl methyl sites for hydroxylation is 1. The zero-order valence-electron chi connectivity index (χ0n) is 21.6. The van der Waals surface area contributed by atoms with E-state index in [1.807, 2.05) is 26.0 Å². The van der Waals surface area contributed by atoms with Gasteiger partial charge in [-0.25, -0.2) is 0 Å². The van der Waals surface area contributed by atoms with Crippen LogP contribution in [-0.4, -0.2) is 22.6 Å². The van der Waals surface area contributed by atoms with Crippen LogP contribution in [0.25, 0.3) is 0 Å². The number of anilines is 1. The van der Waals surface area contributed by atoms with Crippen molar-refractivity contribution in [2.75, 3.05) is 11.9 Å². The molecule has 6 nitrogen and oxygen atoms in total. The van der Waals surface area contributed by atoms with Crippen LogP contribution in [0.2, 0.25) is 0 Å². The lowest BCUT2D eigenvalue weighted by Gasteiger charge is -2.13. The Bertz CT molecular complexity index is 960. The van der Waals surface area contributed by atoms with Crippen molar-refractivity contribution in [3.05, 3.63) is 88.6 Å². The Labute approximate surface area is 215 Å². The molecule has 0 fully saturated rings. The van der Waals surface area contributed by atoms with Gasteiger partial charge in [-0.3, -0.25) is 4.79 Å². The van der Waals surface area contributed by atoms with Crippen molar-refractivity contribution in [1.29, 1.82) is 0 Å². The van der Waals surface area contributed by atoms with Crippen LogP contribution in [0.15, 0.2) is 83.0 Å². The van der Waals surface area contributed by atoms with Gasteiger partial charge in [0.15, 0.2) is 5.82 Å². The van der Waals surface area contributed by atoms with E-state index in [0.717, 1.165) is 64.6 Å². The van der Waals surface area contributed by atoms with Gasteiger partial charge in [0.1, 0.15) is 0 Å². The Hall–Kier alpha value is -2.90. The average molecular weight is 496 g/mol. The molecule has 1 rings (SSSR count). The maximum absolute atomic E-state index is 11.9. The first kappa shape index (κ1) is 30.1. The Kier molecular flexibility index (Phi) is 14.4. The lowest BCUT2D eigenvalue weighted by Crippen LogP contribution is -2.13. The van der Waals surface area contributed by atoms with Crippen molar-refractivity contribution in [2.24, 2.45) is 5.73 Å². The quantitative estimate of drug-likeness (QED) is 0.129. The van der Waals surface area contributed by atoms with Crippen molar-refractivity contribution in [3.8, 4) is 0 Å². The van der Waals surface area contributed by atoms with E-state index in [0.29, 0.717) is 25.2 Å². The monoisotopic (exact) mass is 495 g/mol. The summed E-state index contributed by atoms with van der Waals surface area (Å²) in [5.41, 5.74) is 10.6. The third-order valence-corrected chi connectivity index (χ3v) is 5.91. The summed E-state index contributed by atoms with van der Waals surface area (Å²) in [5.74, 6) is 0.392. The highest BCUT2D eigenvalue weighted by Crippen LogP contribution is 2.26. The zero-order chi connectivity index (χ0) is 26.2. The maximum atomic E-state index is 11.9. The first-order valence-electron chi connectivity index (χ1n) is 11.9. The van der Waals surface area contributed by atoms with Crippen LogP contribution >= 0.6 is 11.8 Å². The molecule has 190 valence electrons. The standard InChI is InChI=1S/C28H41N5OS/c1-8-20(2)19-28(34)31-27-14-13-26(32-33-27)12-10-9-11-24(6)35-25(7)30-23(5)18-22(4)17-21(3)15-16-29/h8,13-14,17,30H,4-7,9-12,15-16,18-19,29H2,1-3H3,(H,31,33,34)/b20-8+,21-17+. The van der Waals surface area contributed by atoms with E-state index in [9.17, 15) is 4.79 Å². The Morgan fingerprint density at radius 3 is 2.43 bits per heavy atom.